The number of sulfone groups is 1. The quantitative estimate of drug-likeness (QED) is 0.488. The van der Waals surface area contributed by atoms with E-state index in [1.54, 1.807) is 0 Å². The lowest BCUT2D eigenvalue weighted by Crippen LogP contribution is -2.69. The molecule has 1 aromatic rings. The SMILES string of the molecule is CO[C@H]1C(=O)N2C(c3nnn[nH]3)=C(COC(C)=O)CS(=O)(=O)[C@@H]12. The van der Waals surface area contributed by atoms with Crippen LogP contribution in [0.5, 0.6) is 0 Å². The first kappa shape index (κ1) is 15.6. The van der Waals surface area contributed by atoms with Gasteiger partial charge >= 0.3 is 5.97 Å². The van der Waals surface area contributed by atoms with Crippen LogP contribution in [-0.2, 0) is 28.9 Å². The van der Waals surface area contributed by atoms with E-state index in [4.69, 9.17) is 9.47 Å². The third-order valence-corrected chi connectivity index (χ3v) is 5.53. The molecule has 1 fully saturated rings. The fraction of sp³-hybridized carbons (Fsp3) is 0.545. The van der Waals surface area contributed by atoms with Gasteiger partial charge in [0.1, 0.15) is 6.61 Å². The maximum Gasteiger partial charge on any atom is 0.302 e. The first-order valence-corrected chi connectivity index (χ1v) is 8.25. The second kappa shape index (κ2) is 5.38. The van der Waals surface area contributed by atoms with Crippen molar-refractivity contribution >= 4 is 27.4 Å². The molecule has 23 heavy (non-hydrogen) atoms. The summed E-state index contributed by atoms with van der Waals surface area (Å²) in [6, 6.07) is 0. The number of nitrogens with zero attached hydrogens (tertiary/aromatic N) is 4. The molecule has 0 bridgehead atoms. The predicted molar refractivity (Wildman–Crippen MR) is 72.9 cm³/mol. The summed E-state index contributed by atoms with van der Waals surface area (Å²) < 4.78 is 34.7. The monoisotopic (exact) mass is 343 g/mol. The number of H-pyrrole nitrogens is 1. The number of amides is 1. The summed E-state index contributed by atoms with van der Waals surface area (Å²) in [5.74, 6) is -1.36. The van der Waals surface area contributed by atoms with E-state index >= 15 is 0 Å². The van der Waals surface area contributed by atoms with Crippen molar-refractivity contribution in [1.82, 2.24) is 25.5 Å². The van der Waals surface area contributed by atoms with Crippen molar-refractivity contribution in [3.63, 3.8) is 0 Å². The fourth-order valence-corrected chi connectivity index (χ4v) is 4.66. The topological polar surface area (TPSA) is 144 Å². The van der Waals surface area contributed by atoms with Crippen molar-refractivity contribution in [2.75, 3.05) is 19.5 Å². The van der Waals surface area contributed by atoms with Crippen molar-refractivity contribution in [3.05, 3.63) is 11.4 Å². The van der Waals surface area contributed by atoms with Crippen LogP contribution in [0.1, 0.15) is 12.7 Å². The number of aromatic nitrogens is 4. The number of β-lactam (4-membered cyclic amide) rings is 1. The Balaban J connectivity index is 2.09. The van der Waals surface area contributed by atoms with E-state index in [1.165, 1.54) is 14.0 Å². The third-order valence-electron chi connectivity index (χ3n) is 3.59. The van der Waals surface area contributed by atoms with Crippen LogP contribution in [0, 0.1) is 0 Å². The molecule has 0 aromatic carbocycles. The van der Waals surface area contributed by atoms with Gasteiger partial charge in [-0.25, -0.2) is 13.5 Å². The second-order valence-corrected chi connectivity index (χ2v) is 7.14. The summed E-state index contributed by atoms with van der Waals surface area (Å²) in [7, 11) is -2.42. The second-order valence-electron chi connectivity index (χ2n) is 5.04. The summed E-state index contributed by atoms with van der Waals surface area (Å²) in [5, 5.41) is 11.9. The third kappa shape index (κ3) is 2.39. The van der Waals surface area contributed by atoms with Crippen molar-refractivity contribution in [1.29, 1.82) is 0 Å². The normalized spacial score (nSPS) is 25.8. The number of rotatable bonds is 4. The lowest BCUT2D eigenvalue weighted by atomic mass is 10.1. The minimum Gasteiger partial charge on any atom is -0.461 e. The number of nitrogens with one attached hydrogen (secondary N) is 1. The summed E-state index contributed by atoms with van der Waals surface area (Å²) in [4.78, 5) is 24.3. The predicted octanol–water partition coefficient (Wildman–Crippen LogP) is -1.91. The van der Waals surface area contributed by atoms with E-state index in [0.29, 0.717) is 0 Å². The molecule has 1 aromatic heterocycles. The van der Waals surface area contributed by atoms with Crippen molar-refractivity contribution in [2.24, 2.45) is 0 Å². The van der Waals surface area contributed by atoms with Crippen LogP contribution in [0.3, 0.4) is 0 Å². The zero-order valence-electron chi connectivity index (χ0n) is 12.2. The molecule has 0 spiro atoms. The summed E-state index contributed by atoms with van der Waals surface area (Å²) in [6.45, 7) is 0.921. The highest BCUT2D eigenvalue weighted by Gasteiger charge is 2.60. The zero-order chi connectivity index (χ0) is 16.8. The molecule has 1 amide bonds. The Kier molecular flexibility index (Phi) is 3.64. The number of carbonyl (C=O) groups is 2. The van der Waals surface area contributed by atoms with Gasteiger partial charge in [-0.05, 0) is 10.4 Å². The van der Waals surface area contributed by atoms with Gasteiger partial charge < -0.3 is 9.47 Å². The van der Waals surface area contributed by atoms with Crippen LogP contribution in [0.25, 0.3) is 5.70 Å². The van der Waals surface area contributed by atoms with Crippen LogP contribution in [0.4, 0.5) is 0 Å². The molecule has 3 rings (SSSR count). The Morgan fingerprint density at radius 1 is 1.48 bits per heavy atom. The van der Waals surface area contributed by atoms with E-state index in [1.807, 2.05) is 0 Å². The van der Waals surface area contributed by atoms with Crippen LogP contribution >= 0.6 is 0 Å². The van der Waals surface area contributed by atoms with Gasteiger partial charge in [-0.2, -0.15) is 0 Å². The van der Waals surface area contributed by atoms with Gasteiger partial charge in [0.25, 0.3) is 5.91 Å². The van der Waals surface area contributed by atoms with Crippen molar-refractivity contribution in [2.45, 2.75) is 18.4 Å². The molecule has 0 radical (unpaired) electrons. The van der Waals surface area contributed by atoms with Crippen LogP contribution in [0.15, 0.2) is 5.57 Å². The molecule has 3 heterocycles. The van der Waals surface area contributed by atoms with Crippen molar-refractivity contribution < 1.29 is 27.5 Å². The van der Waals surface area contributed by atoms with E-state index in [-0.39, 0.29) is 29.5 Å². The Morgan fingerprint density at radius 3 is 2.78 bits per heavy atom. The average Bonchev–Trinajstić information content (AvgIpc) is 2.99. The summed E-state index contributed by atoms with van der Waals surface area (Å²) in [6.07, 6.45) is -1.07. The first-order chi connectivity index (χ1) is 10.9. The summed E-state index contributed by atoms with van der Waals surface area (Å²) in [5.41, 5.74) is 0.423. The first-order valence-electron chi connectivity index (χ1n) is 6.53. The molecule has 11 nitrogen and oxygen atoms in total. The Bertz CT molecular complexity index is 786. The van der Waals surface area contributed by atoms with Crippen molar-refractivity contribution in [3.8, 4) is 0 Å². The maximum absolute atomic E-state index is 12.4. The van der Waals surface area contributed by atoms with Gasteiger partial charge in [0.2, 0.25) is 0 Å². The number of hydrogen-bond donors (Lipinski definition) is 1. The molecule has 1 N–H and O–H groups in total. The van der Waals surface area contributed by atoms with Gasteiger partial charge in [0, 0.05) is 19.6 Å². The van der Waals surface area contributed by atoms with Gasteiger partial charge in [0.05, 0.1) is 11.4 Å². The molecule has 0 saturated carbocycles. The van der Waals surface area contributed by atoms with Crippen LogP contribution in [-0.4, -0.2) is 76.8 Å². The lowest BCUT2D eigenvalue weighted by Gasteiger charge is -2.48. The smallest absolute Gasteiger partial charge is 0.302 e. The van der Waals surface area contributed by atoms with Gasteiger partial charge in [-0.3, -0.25) is 14.5 Å². The standard InChI is InChI=1S/C11H13N5O6S/c1-5(17)22-3-6-4-23(19,20)11-8(21-2)10(18)16(11)7(6)9-12-14-15-13-9/h8,11H,3-4H2,1-2H3,(H,12,13,14,15)/t8-,11-/m0/s1. The number of hydrogen-bond acceptors (Lipinski definition) is 9. The number of esters is 1. The van der Waals surface area contributed by atoms with E-state index < -0.39 is 33.2 Å². The number of ether oxygens (including phenoxy) is 2. The van der Waals surface area contributed by atoms with Gasteiger partial charge in [0.15, 0.2) is 27.1 Å². The fourth-order valence-electron chi connectivity index (χ4n) is 2.65. The minimum absolute atomic E-state index is 0.120. The Labute approximate surface area is 130 Å². The number of fused-ring (bicyclic) bond motifs is 1. The van der Waals surface area contributed by atoms with E-state index in [0.717, 1.165) is 4.90 Å². The number of aromatic amines is 1. The Hall–Kier alpha value is -2.34. The van der Waals surface area contributed by atoms with E-state index in [9.17, 15) is 18.0 Å². The Morgan fingerprint density at radius 2 is 2.22 bits per heavy atom. The maximum atomic E-state index is 12.4. The molecule has 1 saturated heterocycles. The number of carbonyl (C=O) groups excluding carboxylic acids is 2. The number of tetrazole rings is 1. The number of methoxy groups -OCH3 is 1. The highest BCUT2D eigenvalue weighted by atomic mass is 32.2. The molecule has 124 valence electrons. The molecule has 2 atom stereocenters. The molecule has 0 unspecified atom stereocenters. The zero-order valence-corrected chi connectivity index (χ0v) is 13.0. The molecular weight excluding hydrogens is 330 g/mol. The molecule has 2 aliphatic heterocycles. The molecule has 0 aliphatic carbocycles. The highest BCUT2D eigenvalue weighted by Crippen LogP contribution is 2.40. The minimum atomic E-state index is -3.69. The highest BCUT2D eigenvalue weighted by molar-refractivity contribution is 7.92. The molecule has 12 heteroatoms. The summed E-state index contributed by atoms with van der Waals surface area (Å²) >= 11 is 0. The van der Waals surface area contributed by atoms with Gasteiger partial charge in [-0.1, -0.05) is 0 Å². The van der Waals surface area contributed by atoms with Crippen LogP contribution < -0.4 is 0 Å². The average molecular weight is 343 g/mol. The van der Waals surface area contributed by atoms with Crippen LogP contribution in [0.2, 0.25) is 0 Å². The lowest BCUT2D eigenvalue weighted by molar-refractivity contribution is -0.156. The largest absolute Gasteiger partial charge is 0.461 e. The van der Waals surface area contributed by atoms with Gasteiger partial charge in [-0.15, -0.1) is 5.10 Å². The van der Waals surface area contributed by atoms with E-state index in [2.05, 4.69) is 20.6 Å². The molecule has 2 aliphatic rings. The molecular formula is C11H13N5O6S.